The fourth-order valence-electron chi connectivity index (χ4n) is 2.60. The van der Waals surface area contributed by atoms with Crippen LogP contribution >= 0.6 is 0 Å². The third-order valence-corrected chi connectivity index (χ3v) is 3.99. The van der Waals surface area contributed by atoms with Crippen LogP contribution in [0.5, 0.6) is 11.5 Å². The van der Waals surface area contributed by atoms with E-state index in [0.29, 0.717) is 28.3 Å². The van der Waals surface area contributed by atoms with Gasteiger partial charge in [-0.25, -0.2) is 4.39 Å². The largest absolute Gasteiger partial charge is 0.493 e. The van der Waals surface area contributed by atoms with E-state index in [4.69, 9.17) is 14.7 Å². The van der Waals surface area contributed by atoms with Crippen molar-refractivity contribution in [2.75, 3.05) is 12.4 Å². The minimum atomic E-state index is -0.979. The summed E-state index contributed by atoms with van der Waals surface area (Å²) in [5.74, 6) is -0.153. The standard InChI is InChI=1S/C22H17FN2O3/c1-27-20-13-15(14-24)7-12-19(20)28-21(16-5-3-2-4-6-16)22(26)25-18-10-8-17(23)9-11-18/h2-13,21H,1H3,(H,25,26)/t21-/m1/s1. The van der Waals surface area contributed by atoms with E-state index in [9.17, 15) is 9.18 Å². The van der Waals surface area contributed by atoms with Gasteiger partial charge in [-0.15, -0.1) is 0 Å². The highest BCUT2D eigenvalue weighted by Crippen LogP contribution is 2.32. The number of hydrogen-bond acceptors (Lipinski definition) is 4. The van der Waals surface area contributed by atoms with Gasteiger partial charge >= 0.3 is 0 Å². The molecule has 3 rings (SSSR count). The van der Waals surface area contributed by atoms with Crippen molar-refractivity contribution in [1.82, 2.24) is 0 Å². The van der Waals surface area contributed by atoms with Crippen molar-refractivity contribution in [2.45, 2.75) is 6.10 Å². The predicted molar refractivity (Wildman–Crippen MR) is 103 cm³/mol. The summed E-state index contributed by atoms with van der Waals surface area (Å²) in [6, 6.07) is 21.2. The van der Waals surface area contributed by atoms with E-state index in [-0.39, 0.29) is 0 Å². The molecule has 3 aromatic carbocycles. The number of carbonyl (C=O) groups is 1. The number of ether oxygens (including phenoxy) is 2. The number of nitriles is 1. The van der Waals surface area contributed by atoms with Gasteiger partial charge in [0.25, 0.3) is 5.91 Å². The van der Waals surface area contributed by atoms with Gasteiger partial charge < -0.3 is 14.8 Å². The number of amides is 1. The van der Waals surface area contributed by atoms with Gasteiger partial charge in [0, 0.05) is 17.3 Å². The van der Waals surface area contributed by atoms with Crippen molar-refractivity contribution >= 4 is 11.6 Å². The van der Waals surface area contributed by atoms with Gasteiger partial charge in [-0.05, 0) is 36.4 Å². The first-order chi connectivity index (χ1) is 13.6. The number of methoxy groups -OCH3 is 1. The van der Waals surface area contributed by atoms with Crippen LogP contribution in [-0.4, -0.2) is 13.0 Å². The van der Waals surface area contributed by atoms with Crippen LogP contribution in [0.1, 0.15) is 17.2 Å². The van der Waals surface area contributed by atoms with E-state index in [2.05, 4.69) is 5.32 Å². The Morgan fingerprint density at radius 3 is 2.39 bits per heavy atom. The Hall–Kier alpha value is -3.85. The molecule has 0 aromatic heterocycles. The molecule has 0 aliphatic rings. The first-order valence-corrected chi connectivity index (χ1v) is 8.47. The second-order valence-corrected chi connectivity index (χ2v) is 5.88. The summed E-state index contributed by atoms with van der Waals surface area (Å²) >= 11 is 0. The van der Waals surface area contributed by atoms with Crippen molar-refractivity contribution in [3.63, 3.8) is 0 Å². The molecule has 1 N–H and O–H groups in total. The van der Waals surface area contributed by atoms with Gasteiger partial charge in [-0.1, -0.05) is 30.3 Å². The lowest BCUT2D eigenvalue weighted by molar-refractivity contribution is -0.123. The van der Waals surface area contributed by atoms with E-state index in [1.165, 1.54) is 37.4 Å². The molecule has 28 heavy (non-hydrogen) atoms. The lowest BCUT2D eigenvalue weighted by Crippen LogP contribution is -2.25. The molecule has 0 unspecified atom stereocenters. The van der Waals surface area contributed by atoms with Gasteiger partial charge in [0.1, 0.15) is 5.82 Å². The lowest BCUT2D eigenvalue weighted by Gasteiger charge is -2.20. The Balaban J connectivity index is 1.91. The quantitative estimate of drug-likeness (QED) is 0.689. The maximum atomic E-state index is 13.1. The zero-order valence-corrected chi connectivity index (χ0v) is 15.1. The average Bonchev–Trinajstić information content (AvgIpc) is 2.74. The Bertz CT molecular complexity index is 999. The molecule has 0 spiro atoms. The smallest absolute Gasteiger partial charge is 0.270 e. The Morgan fingerprint density at radius 2 is 1.75 bits per heavy atom. The monoisotopic (exact) mass is 376 g/mol. The molecule has 0 bridgehead atoms. The Morgan fingerprint density at radius 1 is 1.04 bits per heavy atom. The summed E-state index contributed by atoms with van der Waals surface area (Å²) in [5, 5.41) is 11.8. The third-order valence-electron chi connectivity index (χ3n) is 3.99. The molecule has 5 nitrogen and oxygen atoms in total. The Labute approximate surface area is 162 Å². The molecular formula is C22H17FN2O3. The highest BCUT2D eigenvalue weighted by molar-refractivity contribution is 5.95. The molecule has 3 aromatic rings. The molecule has 6 heteroatoms. The Kier molecular flexibility index (Phi) is 5.87. The van der Waals surface area contributed by atoms with Crippen molar-refractivity contribution in [1.29, 1.82) is 5.26 Å². The first kappa shape index (κ1) is 18.9. The molecular weight excluding hydrogens is 359 g/mol. The summed E-state index contributed by atoms with van der Waals surface area (Å²) in [4.78, 5) is 12.9. The third kappa shape index (κ3) is 4.46. The van der Waals surface area contributed by atoms with Crippen LogP contribution in [-0.2, 0) is 4.79 Å². The average molecular weight is 376 g/mol. The number of benzene rings is 3. The summed E-state index contributed by atoms with van der Waals surface area (Å²) in [7, 11) is 1.46. The molecule has 1 atom stereocenters. The molecule has 0 heterocycles. The van der Waals surface area contributed by atoms with E-state index in [1.54, 1.807) is 36.4 Å². The van der Waals surface area contributed by atoms with Crippen LogP contribution in [0.25, 0.3) is 0 Å². The number of carbonyl (C=O) groups excluding carboxylic acids is 1. The van der Waals surface area contributed by atoms with E-state index in [0.717, 1.165) is 0 Å². The maximum Gasteiger partial charge on any atom is 0.270 e. The summed E-state index contributed by atoms with van der Waals surface area (Å²) in [6.07, 6.45) is -0.979. The number of nitrogens with zero attached hydrogens (tertiary/aromatic N) is 1. The van der Waals surface area contributed by atoms with Crippen LogP contribution in [0.4, 0.5) is 10.1 Å². The van der Waals surface area contributed by atoms with Crippen LogP contribution in [0, 0.1) is 17.1 Å². The van der Waals surface area contributed by atoms with Crippen molar-refractivity contribution in [2.24, 2.45) is 0 Å². The molecule has 0 radical (unpaired) electrons. The van der Waals surface area contributed by atoms with Crippen LogP contribution in [0.3, 0.4) is 0 Å². The molecule has 0 saturated carbocycles. The van der Waals surface area contributed by atoms with Crippen molar-refractivity contribution in [3.8, 4) is 17.6 Å². The minimum absolute atomic E-state index is 0.324. The van der Waals surface area contributed by atoms with Gasteiger partial charge in [-0.2, -0.15) is 5.26 Å². The zero-order chi connectivity index (χ0) is 19.9. The number of halogens is 1. The predicted octanol–water partition coefficient (Wildman–Crippen LogP) is 4.46. The van der Waals surface area contributed by atoms with Crippen molar-refractivity contribution < 1.29 is 18.7 Å². The fourth-order valence-corrected chi connectivity index (χ4v) is 2.60. The van der Waals surface area contributed by atoms with Gasteiger partial charge in [0.15, 0.2) is 11.5 Å². The summed E-state index contributed by atoms with van der Waals surface area (Å²) in [5.41, 5.74) is 1.49. The molecule has 0 fully saturated rings. The second kappa shape index (κ2) is 8.69. The number of rotatable bonds is 6. The van der Waals surface area contributed by atoms with E-state index < -0.39 is 17.8 Å². The van der Waals surface area contributed by atoms with Gasteiger partial charge in [0.2, 0.25) is 6.10 Å². The van der Waals surface area contributed by atoms with Crippen molar-refractivity contribution in [3.05, 3.63) is 89.7 Å². The van der Waals surface area contributed by atoms with Gasteiger partial charge in [0.05, 0.1) is 18.7 Å². The van der Waals surface area contributed by atoms with Crippen LogP contribution in [0.2, 0.25) is 0 Å². The normalized spacial score (nSPS) is 11.2. The van der Waals surface area contributed by atoms with E-state index in [1.807, 2.05) is 12.1 Å². The highest BCUT2D eigenvalue weighted by Gasteiger charge is 2.24. The molecule has 0 saturated heterocycles. The minimum Gasteiger partial charge on any atom is -0.493 e. The maximum absolute atomic E-state index is 13.1. The van der Waals surface area contributed by atoms with Gasteiger partial charge in [-0.3, -0.25) is 4.79 Å². The lowest BCUT2D eigenvalue weighted by atomic mass is 10.1. The fraction of sp³-hybridized carbons (Fsp3) is 0.0909. The molecule has 0 aliphatic heterocycles. The summed E-state index contributed by atoms with van der Waals surface area (Å²) < 4.78 is 24.4. The second-order valence-electron chi connectivity index (χ2n) is 5.88. The van der Waals surface area contributed by atoms with Crippen LogP contribution in [0.15, 0.2) is 72.8 Å². The summed E-state index contributed by atoms with van der Waals surface area (Å²) in [6.45, 7) is 0. The molecule has 140 valence electrons. The molecule has 0 aliphatic carbocycles. The first-order valence-electron chi connectivity index (χ1n) is 8.47. The topological polar surface area (TPSA) is 71.3 Å². The SMILES string of the molecule is COc1cc(C#N)ccc1O[C@@H](C(=O)Nc1ccc(F)cc1)c1ccccc1. The number of anilines is 1. The zero-order valence-electron chi connectivity index (χ0n) is 15.1. The number of hydrogen-bond donors (Lipinski definition) is 1. The molecule has 1 amide bonds. The highest BCUT2D eigenvalue weighted by atomic mass is 19.1. The number of nitrogens with one attached hydrogen (secondary N) is 1. The van der Waals surface area contributed by atoms with Crippen LogP contribution < -0.4 is 14.8 Å². The van der Waals surface area contributed by atoms with E-state index >= 15 is 0 Å².